The lowest BCUT2D eigenvalue weighted by Crippen LogP contribution is -2.44. The lowest BCUT2D eigenvalue weighted by molar-refractivity contribution is -0.116. The lowest BCUT2D eigenvalue weighted by atomic mass is 9.76. The first-order chi connectivity index (χ1) is 17.3. The monoisotopic (exact) mass is 491 g/mol. The number of anilines is 1. The van der Waals surface area contributed by atoms with E-state index in [2.05, 4.69) is 5.32 Å². The number of ketones is 1. The Kier molecular flexibility index (Phi) is 5.99. The topological polar surface area (TPSA) is 91.6 Å². The number of fused-ring (bicyclic) bond motifs is 1. The molecule has 1 aliphatic carbocycles. The van der Waals surface area contributed by atoms with E-state index in [0.29, 0.717) is 53.3 Å². The zero-order valence-electron chi connectivity index (χ0n) is 20.3. The Morgan fingerprint density at radius 2 is 1.75 bits per heavy atom. The van der Waals surface area contributed by atoms with Crippen LogP contribution in [0.5, 0.6) is 11.5 Å². The number of allylic oxidation sites excluding steroid dienone is 2. The van der Waals surface area contributed by atoms with Crippen molar-refractivity contribution in [2.24, 2.45) is 14.1 Å². The van der Waals surface area contributed by atoms with Crippen LogP contribution in [0, 0.1) is 5.82 Å². The van der Waals surface area contributed by atoms with E-state index in [0.717, 1.165) is 15.8 Å². The van der Waals surface area contributed by atoms with Crippen LogP contribution in [0.15, 0.2) is 63.3 Å². The minimum absolute atomic E-state index is 0.0223. The van der Waals surface area contributed by atoms with E-state index in [9.17, 15) is 18.8 Å². The summed E-state index contributed by atoms with van der Waals surface area (Å²) in [6.07, 6.45) is 1.75. The van der Waals surface area contributed by atoms with E-state index >= 15 is 0 Å². The van der Waals surface area contributed by atoms with E-state index in [1.807, 2.05) is 0 Å². The molecular formula is C27H26FN3O5. The maximum Gasteiger partial charge on any atom is 0.332 e. The third kappa shape index (κ3) is 3.90. The van der Waals surface area contributed by atoms with E-state index in [1.54, 1.807) is 37.4 Å². The molecule has 5 rings (SSSR count). The Hall–Kier alpha value is -4.14. The minimum Gasteiger partial charge on any atom is -0.493 e. The predicted octanol–water partition coefficient (Wildman–Crippen LogP) is 3.38. The standard InChI is InChI=1S/C27H26FN3O5/c1-30-25-24(26(33)31(2)27(30)34)22(23-18(29-25)5-4-6-19(23)32)16-9-12-20(21(13-16)35-3)36-14-15-7-10-17(28)11-8-15/h7-13,22,29H,4-6,14H2,1-3H3/t22-/m1/s1. The number of hydrogen-bond donors (Lipinski definition) is 1. The molecule has 2 heterocycles. The molecule has 9 heteroatoms. The van der Waals surface area contributed by atoms with E-state index < -0.39 is 17.2 Å². The van der Waals surface area contributed by atoms with Gasteiger partial charge in [0.25, 0.3) is 5.56 Å². The van der Waals surface area contributed by atoms with Crippen LogP contribution < -0.4 is 26.0 Å². The molecule has 1 aromatic heterocycles. The summed E-state index contributed by atoms with van der Waals surface area (Å²) in [4.78, 5) is 39.1. The summed E-state index contributed by atoms with van der Waals surface area (Å²) in [5.74, 6) is 0.300. The van der Waals surface area contributed by atoms with Crippen LogP contribution in [0.1, 0.15) is 41.9 Å². The molecule has 0 bridgehead atoms. The van der Waals surface area contributed by atoms with Gasteiger partial charge in [-0.25, -0.2) is 9.18 Å². The Morgan fingerprint density at radius 1 is 1.00 bits per heavy atom. The highest BCUT2D eigenvalue weighted by atomic mass is 19.1. The molecule has 1 N–H and O–H groups in total. The molecule has 2 aliphatic rings. The highest BCUT2D eigenvalue weighted by molar-refractivity contribution is 6.01. The van der Waals surface area contributed by atoms with Gasteiger partial charge in [0.15, 0.2) is 17.3 Å². The molecule has 0 amide bonds. The number of halogens is 1. The second-order valence-electron chi connectivity index (χ2n) is 9.02. The highest BCUT2D eigenvalue weighted by Gasteiger charge is 2.39. The molecule has 2 aromatic carbocycles. The van der Waals surface area contributed by atoms with Gasteiger partial charge < -0.3 is 14.8 Å². The van der Waals surface area contributed by atoms with Crippen LogP contribution in [0.4, 0.5) is 10.2 Å². The molecule has 186 valence electrons. The maximum atomic E-state index is 13.3. The van der Waals surface area contributed by atoms with Crippen LogP contribution in [0.2, 0.25) is 0 Å². The molecule has 1 aliphatic heterocycles. The van der Waals surface area contributed by atoms with E-state index in [1.165, 1.54) is 30.9 Å². The fourth-order valence-corrected chi connectivity index (χ4v) is 4.96. The number of methoxy groups -OCH3 is 1. The second kappa shape index (κ2) is 9.14. The molecule has 0 saturated carbocycles. The average Bonchev–Trinajstić information content (AvgIpc) is 2.89. The molecule has 0 saturated heterocycles. The molecular weight excluding hydrogens is 465 g/mol. The Bertz CT molecular complexity index is 1520. The van der Waals surface area contributed by atoms with Crippen LogP contribution >= 0.6 is 0 Å². The molecule has 8 nitrogen and oxygen atoms in total. The fourth-order valence-electron chi connectivity index (χ4n) is 4.96. The van der Waals surface area contributed by atoms with Crippen molar-refractivity contribution < 1.29 is 18.7 Å². The Labute approximate surface area is 206 Å². The quantitative estimate of drug-likeness (QED) is 0.589. The number of aromatic nitrogens is 2. The first-order valence-electron chi connectivity index (χ1n) is 11.7. The van der Waals surface area contributed by atoms with Gasteiger partial charge in [0.1, 0.15) is 18.2 Å². The number of nitrogens with one attached hydrogen (secondary N) is 1. The molecule has 1 atom stereocenters. The van der Waals surface area contributed by atoms with Gasteiger partial charge in [-0.1, -0.05) is 18.2 Å². The van der Waals surface area contributed by atoms with Crippen LogP contribution in [0.3, 0.4) is 0 Å². The first-order valence-corrected chi connectivity index (χ1v) is 11.7. The fraction of sp³-hybridized carbons (Fsp3) is 0.296. The Balaban J connectivity index is 1.61. The third-order valence-electron chi connectivity index (χ3n) is 6.83. The molecule has 3 aromatic rings. The third-order valence-corrected chi connectivity index (χ3v) is 6.83. The van der Waals surface area contributed by atoms with Crippen LogP contribution in [0.25, 0.3) is 0 Å². The first kappa shape index (κ1) is 23.6. The van der Waals surface area contributed by atoms with Crippen LogP contribution in [-0.2, 0) is 25.5 Å². The van der Waals surface area contributed by atoms with Gasteiger partial charge in [-0.3, -0.25) is 18.7 Å². The zero-order chi connectivity index (χ0) is 25.6. The van der Waals surface area contributed by atoms with Crippen molar-refractivity contribution in [3.63, 3.8) is 0 Å². The number of carbonyl (C=O) groups excluding carboxylic acids is 1. The normalized spacial score (nSPS) is 16.8. The minimum atomic E-state index is -0.658. The number of hydrogen-bond acceptors (Lipinski definition) is 6. The van der Waals surface area contributed by atoms with Crippen LogP contribution in [-0.4, -0.2) is 22.0 Å². The second-order valence-corrected chi connectivity index (χ2v) is 9.02. The Morgan fingerprint density at radius 3 is 2.47 bits per heavy atom. The molecule has 36 heavy (non-hydrogen) atoms. The summed E-state index contributed by atoms with van der Waals surface area (Å²) in [6, 6.07) is 11.3. The van der Waals surface area contributed by atoms with Crippen molar-refractivity contribution in [1.29, 1.82) is 0 Å². The highest BCUT2D eigenvalue weighted by Crippen LogP contribution is 2.45. The average molecular weight is 492 g/mol. The van der Waals surface area contributed by atoms with Gasteiger partial charge in [0.2, 0.25) is 0 Å². The molecule has 0 radical (unpaired) electrons. The van der Waals surface area contributed by atoms with Crippen molar-refractivity contribution in [3.8, 4) is 11.5 Å². The number of carbonyl (C=O) groups is 1. The number of ether oxygens (including phenoxy) is 2. The number of rotatable bonds is 5. The number of nitrogens with zero attached hydrogens (tertiary/aromatic N) is 2. The summed E-state index contributed by atoms with van der Waals surface area (Å²) >= 11 is 0. The van der Waals surface area contributed by atoms with Crippen molar-refractivity contribution in [2.45, 2.75) is 31.8 Å². The molecule has 0 spiro atoms. The van der Waals surface area contributed by atoms with Crippen molar-refractivity contribution in [1.82, 2.24) is 9.13 Å². The van der Waals surface area contributed by atoms with Gasteiger partial charge >= 0.3 is 5.69 Å². The summed E-state index contributed by atoms with van der Waals surface area (Å²) in [5.41, 5.74) is 2.21. The number of benzene rings is 2. The summed E-state index contributed by atoms with van der Waals surface area (Å²) in [6.45, 7) is 0.211. The SMILES string of the molecule is COc1cc([C@@H]2C3=C(CCCC3=O)Nc3c2c(=O)n(C)c(=O)n3C)ccc1OCc1ccc(F)cc1. The largest absolute Gasteiger partial charge is 0.493 e. The predicted molar refractivity (Wildman–Crippen MR) is 132 cm³/mol. The summed E-state index contributed by atoms with van der Waals surface area (Å²) < 4.78 is 27.2. The smallest absolute Gasteiger partial charge is 0.332 e. The zero-order valence-corrected chi connectivity index (χ0v) is 20.3. The number of Topliss-reactive ketones (excluding diaryl/α,β-unsaturated/α-hetero) is 1. The van der Waals surface area contributed by atoms with Crippen molar-refractivity contribution in [3.05, 3.63) is 97.1 Å². The van der Waals surface area contributed by atoms with E-state index in [-0.39, 0.29) is 18.2 Å². The molecule has 0 fully saturated rings. The van der Waals surface area contributed by atoms with Crippen molar-refractivity contribution >= 4 is 11.6 Å². The lowest BCUT2D eigenvalue weighted by Gasteiger charge is -2.34. The van der Waals surface area contributed by atoms with Crippen molar-refractivity contribution in [2.75, 3.05) is 12.4 Å². The summed E-state index contributed by atoms with van der Waals surface area (Å²) in [5, 5.41) is 3.21. The van der Waals surface area contributed by atoms with Gasteiger partial charge in [-0.2, -0.15) is 0 Å². The molecule has 0 unspecified atom stereocenters. The van der Waals surface area contributed by atoms with E-state index in [4.69, 9.17) is 9.47 Å². The van der Waals surface area contributed by atoms with Gasteiger partial charge in [-0.15, -0.1) is 0 Å². The van der Waals surface area contributed by atoms with Gasteiger partial charge in [0.05, 0.1) is 12.7 Å². The maximum absolute atomic E-state index is 13.3. The summed E-state index contributed by atoms with van der Waals surface area (Å²) in [7, 11) is 4.55. The van der Waals surface area contributed by atoms with Gasteiger partial charge in [-0.05, 0) is 48.2 Å². The van der Waals surface area contributed by atoms with Gasteiger partial charge in [0, 0.05) is 37.7 Å².